The summed E-state index contributed by atoms with van der Waals surface area (Å²) in [7, 11) is 0. The van der Waals surface area contributed by atoms with Crippen LogP contribution in [0.2, 0.25) is 0 Å². The molecule has 4 aliphatic rings. The van der Waals surface area contributed by atoms with Gasteiger partial charge >= 0.3 is 5.97 Å². The number of hydrogen-bond acceptors (Lipinski definition) is 6. The number of esters is 1. The molecule has 1 N–H and O–H groups in total. The largest absolute Gasteiger partial charge is 0.465 e. The molecule has 216 valence electrons. The minimum atomic E-state index is -1.37. The minimum Gasteiger partial charge on any atom is -0.465 e. The summed E-state index contributed by atoms with van der Waals surface area (Å²) in [4.78, 5) is 46.1. The summed E-state index contributed by atoms with van der Waals surface area (Å²) in [6, 6.07) is 7.39. The van der Waals surface area contributed by atoms with Gasteiger partial charge in [0.25, 0.3) is 0 Å². The second-order valence-corrected chi connectivity index (χ2v) is 13.3. The summed E-state index contributed by atoms with van der Waals surface area (Å²) in [6.45, 7) is 10.8. The van der Waals surface area contributed by atoms with Crippen molar-refractivity contribution in [3.8, 4) is 0 Å². The Morgan fingerprint density at radius 1 is 1.05 bits per heavy atom. The van der Waals surface area contributed by atoms with Crippen LogP contribution in [0.5, 0.6) is 0 Å². The van der Waals surface area contributed by atoms with Crippen LogP contribution in [0, 0.1) is 17.3 Å². The zero-order chi connectivity index (χ0) is 28.9. The third kappa shape index (κ3) is 4.79. The Balaban J connectivity index is 1.66. The van der Waals surface area contributed by atoms with E-state index in [2.05, 4.69) is 34.6 Å². The monoisotopic (exact) mass is 550 g/mol. The molecule has 4 aliphatic heterocycles. The summed E-state index contributed by atoms with van der Waals surface area (Å²) >= 11 is 0. The summed E-state index contributed by atoms with van der Waals surface area (Å²) < 4.78 is 12.3. The highest BCUT2D eigenvalue weighted by atomic mass is 16.6. The van der Waals surface area contributed by atoms with Crippen LogP contribution in [-0.4, -0.2) is 75.7 Å². The Kier molecular flexibility index (Phi) is 7.46. The van der Waals surface area contributed by atoms with Crippen LogP contribution >= 0.6 is 0 Å². The van der Waals surface area contributed by atoms with Crippen molar-refractivity contribution >= 4 is 17.8 Å². The van der Waals surface area contributed by atoms with Gasteiger partial charge in [0.2, 0.25) is 11.8 Å². The van der Waals surface area contributed by atoms with Crippen molar-refractivity contribution in [3.63, 3.8) is 0 Å². The van der Waals surface area contributed by atoms with Gasteiger partial charge in [-0.1, -0.05) is 75.4 Å². The van der Waals surface area contributed by atoms with Crippen molar-refractivity contribution in [3.05, 3.63) is 60.2 Å². The van der Waals surface area contributed by atoms with Crippen LogP contribution in [0.1, 0.15) is 65.5 Å². The maximum Gasteiger partial charge on any atom is 0.312 e. The first kappa shape index (κ1) is 28.6. The number of allylic oxidation sites excluding steroid dienone is 1. The Hall–Kier alpha value is -2.97. The highest BCUT2D eigenvalue weighted by molar-refractivity contribution is 5.99. The molecule has 0 saturated carbocycles. The summed E-state index contributed by atoms with van der Waals surface area (Å²) in [5, 5.41) is 10.7. The number of hydrogen-bond donors (Lipinski definition) is 1. The van der Waals surface area contributed by atoms with Crippen molar-refractivity contribution in [1.82, 2.24) is 9.80 Å². The zero-order valence-corrected chi connectivity index (χ0v) is 24.2. The molecule has 40 heavy (non-hydrogen) atoms. The molecule has 0 bridgehead atoms. The Labute approximate surface area is 237 Å². The van der Waals surface area contributed by atoms with Crippen molar-refractivity contribution in [2.45, 2.75) is 83.2 Å². The first-order valence-corrected chi connectivity index (χ1v) is 14.4. The summed E-state index contributed by atoms with van der Waals surface area (Å²) in [5.74, 6) is -2.95. The maximum absolute atomic E-state index is 14.8. The van der Waals surface area contributed by atoms with Crippen LogP contribution in [0.15, 0.2) is 54.6 Å². The van der Waals surface area contributed by atoms with Crippen LogP contribution < -0.4 is 0 Å². The molecule has 2 saturated heterocycles. The third-order valence-corrected chi connectivity index (χ3v) is 8.68. The normalized spacial score (nSPS) is 32.3. The topological polar surface area (TPSA) is 96.4 Å². The predicted molar refractivity (Wildman–Crippen MR) is 150 cm³/mol. The number of amides is 2. The van der Waals surface area contributed by atoms with E-state index in [1.165, 1.54) is 4.90 Å². The lowest BCUT2D eigenvalue weighted by molar-refractivity contribution is -0.157. The molecule has 8 nitrogen and oxygen atoms in total. The molecule has 0 aromatic heterocycles. The molecule has 1 spiro atoms. The van der Waals surface area contributed by atoms with Gasteiger partial charge in [-0.15, -0.1) is 0 Å². The van der Waals surface area contributed by atoms with Gasteiger partial charge < -0.3 is 24.4 Å². The summed E-state index contributed by atoms with van der Waals surface area (Å²) in [6.07, 6.45) is 9.02. The average Bonchev–Trinajstić information content (AvgIpc) is 3.28. The molecular weight excluding hydrogens is 508 g/mol. The van der Waals surface area contributed by atoms with Crippen molar-refractivity contribution in [2.75, 3.05) is 19.8 Å². The van der Waals surface area contributed by atoms with Crippen molar-refractivity contribution < 1.29 is 29.0 Å². The number of likely N-dealkylation sites (tertiary alicyclic amines) is 1. The van der Waals surface area contributed by atoms with Gasteiger partial charge in [-0.25, -0.2) is 0 Å². The fourth-order valence-corrected chi connectivity index (χ4v) is 7.50. The Bertz CT molecular complexity index is 1200. The van der Waals surface area contributed by atoms with Gasteiger partial charge in [-0.2, -0.15) is 0 Å². The van der Waals surface area contributed by atoms with Crippen molar-refractivity contribution in [2.24, 2.45) is 17.3 Å². The standard InChI is InChI=1S/C32H42N2O6/c1-30(2,3)20-31(4,5)33-17-12-16-32-25(24-23(40-32)15-10-7-11-18-39-29(24)38)27(36)34(26(32)28(33)37)22(19-35)21-13-8-6-9-14-21/h6,8-10,12-16,22-26,35H,7,11,17-20H2,1-5H3/b15-10-/t22-,23-,24+,25+,26?,32+/m1/s1. The van der Waals surface area contributed by atoms with Crippen LogP contribution in [-0.2, 0) is 23.9 Å². The SMILES string of the molecule is CC(C)(C)CC(C)(C)N1CC=C[C@]23O[C@@H]4/C=C\CCCOC(=O)[C@@H]4[C@H]2C(=O)N([C@H](CO)c2ccccc2)C3C1=O. The van der Waals surface area contributed by atoms with Gasteiger partial charge in [-0.05, 0) is 44.1 Å². The van der Waals surface area contributed by atoms with E-state index in [0.717, 1.165) is 12.8 Å². The smallest absolute Gasteiger partial charge is 0.312 e. The number of benzene rings is 1. The van der Waals surface area contributed by atoms with E-state index < -0.39 is 47.1 Å². The Morgan fingerprint density at radius 3 is 2.45 bits per heavy atom. The number of ether oxygens (including phenoxy) is 2. The van der Waals surface area contributed by atoms with E-state index in [1.807, 2.05) is 59.5 Å². The molecule has 0 radical (unpaired) electrons. The van der Waals surface area contributed by atoms with Gasteiger partial charge in [0.05, 0.1) is 31.3 Å². The van der Waals surface area contributed by atoms with Gasteiger partial charge in [0.15, 0.2) is 0 Å². The maximum atomic E-state index is 14.8. The van der Waals surface area contributed by atoms with E-state index in [0.29, 0.717) is 18.5 Å². The highest BCUT2D eigenvalue weighted by Gasteiger charge is 2.73. The molecule has 4 heterocycles. The first-order valence-electron chi connectivity index (χ1n) is 14.4. The fraction of sp³-hybridized carbons (Fsp3) is 0.594. The first-order chi connectivity index (χ1) is 18.9. The molecule has 6 atom stereocenters. The molecular formula is C32H42N2O6. The lowest BCUT2D eigenvalue weighted by Gasteiger charge is -2.45. The number of carbonyl (C=O) groups excluding carboxylic acids is 3. The Morgan fingerprint density at radius 2 is 1.77 bits per heavy atom. The minimum absolute atomic E-state index is 0.0504. The van der Waals surface area contributed by atoms with Gasteiger partial charge in [0.1, 0.15) is 17.6 Å². The van der Waals surface area contributed by atoms with Crippen molar-refractivity contribution in [1.29, 1.82) is 0 Å². The quantitative estimate of drug-likeness (QED) is 0.443. The van der Waals surface area contributed by atoms with E-state index in [4.69, 9.17) is 9.47 Å². The second kappa shape index (κ2) is 10.5. The fourth-order valence-electron chi connectivity index (χ4n) is 7.50. The van der Waals surface area contributed by atoms with Gasteiger partial charge in [-0.3, -0.25) is 14.4 Å². The molecule has 2 fully saturated rings. The molecule has 2 amide bonds. The highest BCUT2D eigenvalue weighted by Crippen LogP contribution is 2.55. The lowest BCUT2D eigenvalue weighted by atomic mass is 9.77. The van der Waals surface area contributed by atoms with E-state index in [9.17, 15) is 19.5 Å². The number of aliphatic hydroxyl groups is 1. The number of cyclic esters (lactones) is 1. The number of rotatable bonds is 5. The van der Waals surface area contributed by atoms with Gasteiger partial charge in [0, 0.05) is 12.1 Å². The molecule has 1 aromatic rings. The van der Waals surface area contributed by atoms with Crippen LogP contribution in [0.25, 0.3) is 0 Å². The summed E-state index contributed by atoms with van der Waals surface area (Å²) in [5.41, 5.74) is -1.24. The number of aliphatic hydroxyl groups excluding tert-OH is 1. The van der Waals surface area contributed by atoms with Crippen LogP contribution in [0.4, 0.5) is 0 Å². The van der Waals surface area contributed by atoms with E-state index in [-0.39, 0.29) is 30.4 Å². The number of nitrogens with zero attached hydrogens (tertiary/aromatic N) is 2. The molecule has 5 rings (SSSR count). The average molecular weight is 551 g/mol. The molecule has 8 heteroatoms. The second-order valence-electron chi connectivity index (χ2n) is 13.3. The lowest BCUT2D eigenvalue weighted by Crippen LogP contribution is -2.60. The van der Waals surface area contributed by atoms with Crippen LogP contribution in [0.3, 0.4) is 0 Å². The molecule has 0 aliphatic carbocycles. The predicted octanol–water partition coefficient (Wildman–Crippen LogP) is 3.81. The molecule has 1 aromatic carbocycles. The van der Waals surface area contributed by atoms with E-state index >= 15 is 0 Å². The number of fused-ring (bicyclic) bond motifs is 2. The third-order valence-electron chi connectivity index (χ3n) is 8.68. The zero-order valence-electron chi connectivity index (χ0n) is 24.2. The molecule has 1 unspecified atom stereocenters. The number of carbonyl (C=O) groups is 3. The van der Waals surface area contributed by atoms with E-state index in [1.54, 1.807) is 0 Å².